The zero-order valence-electron chi connectivity index (χ0n) is 19.9. The number of carbonyl (C=O) groups is 2. The van der Waals surface area contributed by atoms with Gasteiger partial charge in [-0.1, -0.05) is 31.5 Å². The van der Waals surface area contributed by atoms with Gasteiger partial charge in [-0.25, -0.2) is 9.78 Å². The maximum Gasteiger partial charge on any atom is 0.508 e. The minimum Gasteiger partial charge on any atom is -0.438 e. The predicted octanol–water partition coefficient (Wildman–Crippen LogP) is 5.34. The average molecular weight is 441 g/mol. The van der Waals surface area contributed by atoms with Crippen LogP contribution in [0.2, 0.25) is 0 Å². The van der Waals surface area contributed by atoms with E-state index in [-0.39, 0.29) is 18.4 Å². The Balaban J connectivity index is 2.15. The third-order valence-corrected chi connectivity index (χ3v) is 5.87. The molecule has 0 spiro atoms. The van der Waals surface area contributed by atoms with Gasteiger partial charge in [0.1, 0.15) is 5.75 Å². The molecule has 1 aromatic carbocycles. The molecule has 1 atom stereocenters. The molecule has 0 N–H and O–H groups in total. The SMILES string of the molecule is CCC(CC)N1C(=O)C(OC(=O)OC)Cc2c1cc(C)nc2Oc1c(C)cc(C)cc1C. The van der Waals surface area contributed by atoms with Crippen LogP contribution in [0, 0.1) is 27.7 Å². The Kier molecular flexibility index (Phi) is 7.06. The molecule has 3 rings (SSSR count). The van der Waals surface area contributed by atoms with Crippen LogP contribution in [0.1, 0.15) is 54.6 Å². The van der Waals surface area contributed by atoms with Crippen molar-refractivity contribution in [1.82, 2.24) is 4.98 Å². The Labute approximate surface area is 189 Å². The summed E-state index contributed by atoms with van der Waals surface area (Å²) in [4.78, 5) is 31.6. The summed E-state index contributed by atoms with van der Waals surface area (Å²) in [5, 5.41) is 0. The standard InChI is InChI=1S/C25H32N2O5/c1-8-18(9-2)27-20-12-17(6)26-23(32-22-15(4)10-14(3)11-16(22)5)19(20)13-21(24(27)28)31-25(29)30-7/h10-12,18,21H,8-9,13H2,1-7H3. The highest BCUT2D eigenvalue weighted by molar-refractivity contribution is 6.01. The fourth-order valence-corrected chi connectivity index (χ4v) is 4.40. The van der Waals surface area contributed by atoms with E-state index in [2.05, 4.69) is 21.9 Å². The van der Waals surface area contributed by atoms with Crippen LogP contribution in [-0.4, -0.2) is 36.3 Å². The van der Waals surface area contributed by atoms with Crippen molar-refractivity contribution in [2.24, 2.45) is 0 Å². The van der Waals surface area contributed by atoms with Crippen LogP contribution < -0.4 is 9.64 Å². The molecule has 0 saturated heterocycles. The number of aryl methyl sites for hydroxylation is 4. The number of nitrogens with zero attached hydrogens (tertiary/aromatic N) is 2. The summed E-state index contributed by atoms with van der Waals surface area (Å²) in [6.45, 7) is 12.0. The van der Waals surface area contributed by atoms with Crippen molar-refractivity contribution in [3.05, 3.63) is 46.1 Å². The molecule has 1 aliphatic heterocycles. The first-order valence-corrected chi connectivity index (χ1v) is 11.0. The van der Waals surface area contributed by atoms with Crippen LogP contribution in [-0.2, 0) is 20.7 Å². The molecule has 172 valence electrons. The highest BCUT2D eigenvalue weighted by atomic mass is 16.7. The summed E-state index contributed by atoms with van der Waals surface area (Å²) in [6, 6.07) is 5.99. The quantitative estimate of drug-likeness (QED) is 0.565. The van der Waals surface area contributed by atoms with Gasteiger partial charge >= 0.3 is 6.16 Å². The van der Waals surface area contributed by atoms with Crippen molar-refractivity contribution in [2.75, 3.05) is 12.0 Å². The van der Waals surface area contributed by atoms with Gasteiger partial charge in [-0.05, 0) is 57.7 Å². The molecule has 1 amide bonds. The van der Waals surface area contributed by atoms with Crippen molar-refractivity contribution in [3.8, 4) is 11.6 Å². The topological polar surface area (TPSA) is 78.0 Å². The first kappa shape index (κ1) is 23.6. The lowest BCUT2D eigenvalue weighted by Gasteiger charge is -2.38. The minimum atomic E-state index is -0.998. The number of anilines is 1. The largest absolute Gasteiger partial charge is 0.508 e. The maximum absolute atomic E-state index is 13.4. The number of pyridine rings is 1. The van der Waals surface area contributed by atoms with Gasteiger partial charge < -0.3 is 19.1 Å². The van der Waals surface area contributed by atoms with Gasteiger partial charge in [0.25, 0.3) is 5.91 Å². The van der Waals surface area contributed by atoms with Crippen molar-refractivity contribution in [2.45, 2.75) is 73.0 Å². The highest BCUT2D eigenvalue weighted by Gasteiger charge is 2.40. The number of hydrogen-bond acceptors (Lipinski definition) is 6. The number of carbonyl (C=O) groups excluding carboxylic acids is 2. The molecule has 32 heavy (non-hydrogen) atoms. The number of fused-ring (bicyclic) bond motifs is 1. The second-order valence-electron chi connectivity index (χ2n) is 8.34. The normalized spacial score (nSPS) is 15.6. The van der Waals surface area contributed by atoms with E-state index in [4.69, 9.17) is 9.47 Å². The number of hydrogen-bond donors (Lipinski definition) is 0. The molecular weight excluding hydrogens is 408 g/mol. The first-order valence-electron chi connectivity index (χ1n) is 11.0. The van der Waals surface area contributed by atoms with E-state index in [1.165, 1.54) is 7.11 Å². The monoisotopic (exact) mass is 440 g/mol. The lowest BCUT2D eigenvalue weighted by Crippen LogP contribution is -2.51. The summed E-state index contributed by atoms with van der Waals surface area (Å²) in [7, 11) is 1.23. The molecule has 0 radical (unpaired) electrons. The van der Waals surface area contributed by atoms with Gasteiger partial charge in [-0.15, -0.1) is 0 Å². The summed E-state index contributed by atoms with van der Waals surface area (Å²) in [5.74, 6) is 0.917. The van der Waals surface area contributed by atoms with Crippen LogP contribution in [0.5, 0.6) is 11.6 Å². The number of benzene rings is 1. The van der Waals surface area contributed by atoms with Crippen LogP contribution in [0.3, 0.4) is 0 Å². The Morgan fingerprint density at radius 1 is 1.12 bits per heavy atom. The minimum absolute atomic E-state index is 0.0391. The van der Waals surface area contributed by atoms with Crippen molar-refractivity contribution in [3.63, 3.8) is 0 Å². The zero-order chi connectivity index (χ0) is 23.6. The highest BCUT2D eigenvalue weighted by Crippen LogP contribution is 2.40. The molecule has 0 saturated carbocycles. The summed E-state index contributed by atoms with van der Waals surface area (Å²) in [6.07, 6.45) is -0.181. The molecule has 0 bridgehead atoms. The molecule has 2 heterocycles. The summed E-state index contributed by atoms with van der Waals surface area (Å²) >= 11 is 0. The third kappa shape index (κ3) is 4.56. The number of methoxy groups -OCH3 is 1. The third-order valence-electron chi connectivity index (χ3n) is 5.87. The fraction of sp³-hybridized carbons (Fsp3) is 0.480. The van der Waals surface area contributed by atoms with Crippen molar-refractivity contribution < 1.29 is 23.8 Å². The van der Waals surface area contributed by atoms with Crippen LogP contribution in [0.4, 0.5) is 10.5 Å². The van der Waals surface area contributed by atoms with E-state index >= 15 is 0 Å². The number of aromatic nitrogens is 1. The van der Waals surface area contributed by atoms with Crippen LogP contribution in [0.15, 0.2) is 18.2 Å². The Bertz CT molecular complexity index is 1010. The lowest BCUT2D eigenvalue weighted by atomic mass is 9.96. The summed E-state index contributed by atoms with van der Waals surface area (Å²) < 4.78 is 16.4. The maximum atomic E-state index is 13.4. The van der Waals surface area contributed by atoms with Crippen molar-refractivity contribution in [1.29, 1.82) is 0 Å². The molecule has 1 aromatic heterocycles. The first-order chi connectivity index (χ1) is 15.2. The number of rotatable bonds is 6. The van der Waals surface area contributed by atoms with Crippen LogP contribution in [0.25, 0.3) is 0 Å². The predicted molar refractivity (Wildman–Crippen MR) is 123 cm³/mol. The molecule has 0 fully saturated rings. The molecule has 0 aliphatic carbocycles. The van der Waals surface area contributed by atoms with E-state index in [1.807, 2.05) is 47.6 Å². The lowest BCUT2D eigenvalue weighted by molar-refractivity contribution is -0.129. The number of ether oxygens (including phenoxy) is 3. The molecular formula is C25H32N2O5. The van der Waals surface area contributed by atoms with Gasteiger partial charge in [0, 0.05) is 23.7 Å². The average Bonchev–Trinajstić information content (AvgIpc) is 2.73. The van der Waals surface area contributed by atoms with E-state index in [9.17, 15) is 9.59 Å². The van der Waals surface area contributed by atoms with E-state index in [0.717, 1.165) is 52.2 Å². The second-order valence-corrected chi connectivity index (χ2v) is 8.34. The van der Waals surface area contributed by atoms with Gasteiger partial charge in [0.15, 0.2) is 6.10 Å². The van der Waals surface area contributed by atoms with Gasteiger partial charge in [0.05, 0.1) is 12.8 Å². The molecule has 1 unspecified atom stereocenters. The Morgan fingerprint density at radius 3 is 2.31 bits per heavy atom. The Hall–Kier alpha value is -3.09. The van der Waals surface area contributed by atoms with Crippen molar-refractivity contribution >= 4 is 17.7 Å². The smallest absolute Gasteiger partial charge is 0.438 e. The second kappa shape index (κ2) is 9.59. The molecule has 7 heteroatoms. The van der Waals surface area contributed by atoms with E-state index < -0.39 is 12.3 Å². The Morgan fingerprint density at radius 2 is 1.75 bits per heavy atom. The van der Waals surface area contributed by atoms with Gasteiger partial charge in [-0.3, -0.25) is 4.79 Å². The summed E-state index contributed by atoms with van der Waals surface area (Å²) in [5.41, 5.74) is 5.42. The zero-order valence-corrected chi connectivity index (χ0v) is 19.9. The molecule has 2 aromatic rings. The fourth-order valence-electron chi connectivity index (χ4n) is 4.40. The van der Waals surface area contributed by atoms with Crippen LogP contribution >= 0.6 is 0 Å². The molecule has 7 nitrogen and oxygen atoms in total. The van der Waals surface area contributed by atoms with E-state index in [0.29, 0.717) is 5.88 Å². The van der Waals surface area contributed by atoms with Gasteiger partial charge in [-0.2, -0.15) is 0 Å². The molecule has 1 aliphatic rings. The van der Waals surface area contributed by atoms with Gasteiger partial charge in [0.2, 0.25) is 5.88 Å². The number of amides is 1. The van der Waals surface area contributed by atoms with E-state index in [1.54, 1.807) is 4.90 Å².